The minimum Gasteiger partial charge on any atom is -0.457 e. The fraction of sp³-hybridized carbons (Fsp3) is 0.190. The van der Waals surface area contributed by atoms with Crippen LogP contribution in [0.15, 0.2) is 51.5 Å². The number of benzene rings is 1. The number of nitriles is 1. The molecule has 0 bridgehead atoms. The van der Waals surface area contributed by atoms with Crippen molar-refractivity contribution in [1.29, 1.82) is 5.26 Å². The lowest BCUT2D eigenvalue weighted by molar-refractivity contribution is -0.140. The van der Waals surface area contributed by atoms with Crippen LogP contribution in [0.2, 0.25) is 0 Å². The Morgan fingerprint density at radius 1 is 1.21 bits per heavy atom. The molecule has 0 unspecified atom stereocenters. The molecule has 2 heterocycles. The van der Waals surface area contributed by atoms with Crippen LogP contribution in [0.5, 0.6) is 0 Å². The lowest BCUT2D eigenvalue weighted by Gasteiger charge is -2.26. The molecule has 1 N–H and O–H groups in total. The van der Waals surface area contributed by atoms with Crippen molar-refractivity contribution in [3.63, 3.8) is 0 Å². The Labute approximate surface area is 175 Å². The van der Waals surface area contributed by atoms with E-state index < -0.39 is 11.8 Å². The van der Waals surface area contributed by atoms with Crippen LogP contribution < -0.4 is 0 Å². The number of aryl methyl sites for hydroxylation is 1. The van der Waals surface area contributed by atoms with E-state index in [0.717, 1.165) is 19.6 Å². The van der Waals surface area contributed by atoms with Gasteiger partial charge in [-0.2, -0.15) is 5.26 Å². The van der Waals surface area contributed by atoms with Crippen LogP contribution in [0.25, 0.3) is 17.4 Å². The van der Waals surface area contributed by atoms with Crippen molar-refractivity contribution in [1.82, 2.24) is 4.90 Å². The molecule has 2 aromatic rings. The number of furan rings is 1. The number of nitrogens with zero attached hydrogens (tertiary/aromatic N) is 2. The third kappa shape index (κ3) is 3.66. The largest absolute Gasteiger partial charge is 0.457 e. The van der Waals surface area contributed by atoms with Gasteiger partial charge in [0.2, 0.25) is 0 Å². The summed E-state index contributed by atoms with van der Waals surface area (Å²) < 4.78 is 7.02. The van der Waals surface area contributed by atoms with E-state index in [9.17, 15) is 14.9 Å². The average molecular weight is 488 g/mol. The van der Waals surface area contributed by atoms with Gasteiger partial charge in [-0.1, -0.05) is 6.07 Å². The van der Waals surface area contributed by atoms with Gasteiger partial charge in [-0.3, -0.25) is 14.5 Å². The Kier molecular flexibility index (Phi) is 5.82. The first-order valence-electron chi connectivity index (χ1n) is 8.53. The molecule has 28 heavy (non-hydrogen) atoms. The van der Waals surface area contributed by atoms with Crippen LogP contribution in [-0.4, -0.2) is 35.0 Å². The summed E-state index contributed by atoms with van der Waals surface area (Å²) in [6, 6.07) is 11.4. The van der Waals surface area contributed by atoms with Gasteiger partial charge in [0, 0.05) is 14.7 Å². The number of imide groups is 1. The maximum absolute atomic E-state index is 12.7. The molecule has 1 aliphatic heterocycles. The van der Waals surface area contributed by atoms with Crippen LogP contribution in [-0.2, 0) is 9.59 Å². The molecule has 6 nitrogen and oxygen atoms in total. The minimum absolute atomic E-state index is 0.112. The van der Waals surface area contributed by atoms with Gasteiger partial charge >= 0.3 is 0 Å². The zero-order valence-corrected chi connectivity index (χ0v) is 17.5. The lowest BCUT2D eigenvalue weighted by atomic mass is 9.95. The molecular formula is C21H17IN2O4. The highest BCUT2D eigenvalue weighted by Crippen LogP contribution is 2.30. The summed E-state index contributed by atoms with van der Waals surface area (Å²) in [6.07, 6.45) is 1.52. The number of aliphatic hydroxyl groups is 1. The van der Waals surface area contributed by atoms with Crippen LogP contribution in [0.4, 0.5) is 0 Å². The van der Waals surface area contributed by atoms with Gasteiger partial charge < -0.3 is 9.52 Å². The highest BCUT2D eigenvalue weighted by atomic mass is 127. The van der Waals surface area contributed by atoms with Gasteiger partial charge in [-0.15, -0.1) is 0 Å². The van der Waals surface area contributed by atoms with Crippen molar-refractivity contribution < 1.29 is 19.1 Å². The summed E-state index contributed by atoms with van der Waals surface area (Å²) in [4.78, 5) is 25.9. The standard InChI is InChI=1S/C21H17IN2O4/c1-12-9-14(3-5-18(12)22)19-6-4-15(28-19)10-16-13(2)17(11-23)21(27)24(7-8-25)20(16)26/h3-6,9-10,25H,7-8H2,1-2H3/b16-10+. The molecule has 3 rings (SSSR count). The molecular weight excluding hydrogens is 471 g/mol. The average Bonchev–Trinajstić information content (AvgIpc) is 3.14. The molecule has 1 aromatic carbocycles. The van der Waals surface area contributed by atoms with E-state index in [0.29, 0.717) is 17.1 Å². The summed E-state index contributed by atoms with van der Waals surface area (Å²) in [6.45, 7) is 3.03. The first kappa shape index (κ1) is 20.0. The monoisotopic (exact) mass is 488 g/mol. The number of amides is 2. The summed E-state index contributed by atoms with van der Waals surface area (Å²) in [5.74, 6) is -0.158. The molecule has 1 aliphatic rings. The van der Waals surface area contributed by atoms with Crippen molar-refractivity contribution >= 4 is 40.5 Å². The number of hydrogen-bond acceptors (Lipinski definition) is 5. The maximum atomic E-state index is 12.7. The van der Waals surface area contributed by atoms with E-state index >= 15 is 0 Å². The summed E-state index contributed by atoms with van der Waals surface area (Å²) in [5.41, 5.74) is 2.44. The Balaban J connectivity index is 2.02. The van der Waals surface area contributed by atoms with E-state index in [4.69, 9.17) is 9.52 Å². The van der Waals surface area contributed by atoms with Crippen molar-refractivity contribution in [2.75, 3.05) is 13.2 Å². The molecule has 0 atom stereocenters. The van der Waals surface area contributed by atoms with Gasteiger partial charge in [0.25, 0.3) is 11.8 Å². The summed E-state index contributed by atoms with van der Waals surface area (Å²) in [5, 5.41) is 18.5. The zero-order chi connectivity index (χ0) is 20.4. The predicted molar refractivity (Wildman–Crippen MR) is 112 cm³/mol. The molecule has 7 heteroatoms. The van der Waals surface area contributed by atoms with Crippen LogP contribution in [0, 0.1) is 21.8 Å². The third-order valence-electron chi connectivity index (χ3n) is 4.50. The number of carbonyl (C=O) groups excluding carboxylic acids is 2. The number of β-amino-alcohol motifs (C(OH)–C–C–N with tert-alkyl or cyclic N) is 1. The van der Waals surface area contributed by atoms with E-state index in [1.807, 2.05) is 37.3 Å². The number of aliphatic hydroxyl groups excluding tert-OH is 1. The SMILES string of the molecule is CC1=C(C#N)C(=O)N(CCO)C(=O)/C1=C/c1ccc(-c2ccc(I)c(C)c2)o1. The lowest BCUT2D eigenvalue weighted by Crippen LogP contribution is -2.44. The van der Waals surface area contributed by atoms with Gasteiger partial charge in [-0.05, 0) is 77.9 Å². The van der Waals surface area contributed by atoms with Crippen LogP contribution >= 0.6 is 22.6 Å². The van der Waals surface area contributed by atoms with Crippen molar-refractivity contribution in [3.05, 3.63) is 61.9 Å². The van der Waals surface area contributed by atoms with E-state index in [-0.39, 0.29) is 24.3 Å². The summed E-state index contributed by atoms with van der Waals surface area (Å²) >= 11 is 2.26. The molecule has 142 valence electrons. The highest BCUT2D eigenvalue weighted by Gasteiger charge is 2.35. The number of carbonyl (C=O) groups is 2. The minimum atomic E-state index is -0.689. The molecule has 0 radical (unpaired) electrons. The quantitative estimate of drug-likeness (QED) is 0.404. The molecule has 0 saturated heterocycles. The number of rotatable bonds is 4. The molecule has 0 spiro atoms. The predicted octanol–water partition coefficient (Wildman–Crippen LogP) is 3.44. The molecule has 0 aliphatic carbocycles. The van der Waals surface area contributed by atoms with Gasteiger partial charge in [0.1, 0.15) is 23.2 Å². The van der Waals surface area contributed by atoms with Crippen molar-refractivity contribution in [2.45, 2.75) is 13.8 Å². The van der Waals surface area contributed by atoms with Gasteiger partial charge in [0.15, 0.2) is 0 Å². The smallest absolute Gasteiger partial charge is 0.271 e. The molecule has 0 saturated carbocycles. The fourth-order valence-corrected chi connectivity index (χ4v) is 3.29. The molecule has 0 fully saturated rings. The maximum Gasteiger partial charge on any atom is 0.271 e. The molecule has 2 amide bonds. The first-order chi connectivity index (χ1) is 13.4. The van der Waals surface area contributed by atoms with E-state index in [1.165, 1.54) is 6.08 Å². The Morgan fingerprint density at radius 2 is 1.96 bits per heavy atom. The normalized spacial score (nSPS) is 16.1. The highest BCUT2D eigenvalue weighted by molar-refractivity contribution is 14.1. The Bertz CT molecular complexity index is 1070. The third-order valence-corrected chi connectivity index (χ3v) is 5.72. The second-order valence-electron chi connectivity index (χ2n) is 6.32. The van der Waals surface area contributed by atoms with Crippen molar-refractivity contribution in [3.8, 4) is 17.4 Å². The summed E-state index contributed by atoms with van der Waals surface area (Å²) in [7, 11) is 0. The van der Waals surface area contributed by atoms with Gasteiger partial charge in [-0.25, -0.2) is 0 Å². The fourth-order valence-electron chi connectivity index (χ4n) is 2.96. The van der Waals surface area contributed by atoms with Crippen molar-refractivity contribution in [2.24, 2.45) is 0 Å². The topological polar surface area (TPSA) is 94.5 Å². The van der Waals surface area contributed by atoms with Crippen LogP contribution in [0.1, 0.15) is 18.2 Å². The van der Waals surface area contributed by atoms with Crippen LogP contribution in [0.3, 0.4) is 0 Å². The Hall–Kier alpha value is -2.70. The molecule has 1 aromatic heterocycles. The Morgan fingerprint density at radius 3 is 2.61 bits per heavy atom. The van der Waals surface area contributed by atoms with E-state index in [2.05, 4.69) is 22.6 Å². The number of halogens is 1. The number of hydrogen-bond donors (Lipinski definition) is 1. The second-order valence-corrected chi connectivity index (χ2v) is 7.48. The second kappa shape index (κ2) is 8.12. The first-order valence-corrected chi connectivity index (χ1v) is 9.61. The van der Waals surface area contributed by atoms with Gasteiger partial charge in [0.05, 0.1) is 13.2 Å². The zero-order valence-electron chi connectivity index (χ0n) is 15.3. The van der Waals surface area contributed by atoms with E-state index in [1.54, 1.807) is 13.0 Å².